The molecule has 7 nitrogen and oxygen atoms in total. The summed E-state index contributed by atoms with van der Waals surface area (Å²) in [5.41, 5.74) is 1.29. The number of Topliss-reactive ketones (excluding diaryl/α,β-unsaturated/α-hetero) is 1. The zero-order chi connectivity index (χ0) is 21.5. The van der Waals surface area contributed by atoms with Gasteiger partial charge in [-0.15, -0.1) is 0 Å². The number of nitrogens with zero attached hydrogens (tertiary/aromatic N) is 1. The summed E-state index contributed by atoms with van der Waals surface area (Å²) in [6.07, 6.45) is 0.280. The van der Waals surface area contributed by atoms with Gasteiger partial charge in [-0.25, -0.2) is 4.79 Å². The van der Waals surface area contributed by atoms with Crippen molar-refractivity contribution in [2.75, 3.05) is 13.3 Å². The monoisotopic (exact) mass is 408 g/mol. The topological polar surface area (TPSA) is 84.9 Å². The average Bonchev–Trinajstić information content (AvgIpc) is 3.26. The van der Waals surface area contributed by atoms with Gasteiger partial charge in [-0.1, -0.05) is 44.2 Å². The lowest BCUT2D eigenvalue weighted by Crippen LogP contribution is -2.46. The Morgan fingerprint density at radius 2 is 1.80 bits per heavy atom. The SMILES string of the molecule is CC(C)c1ccc(C(=O)CN2C(=O)N[C@@](C)(Cc3ccc4c(c3)OCO4)C2=O)cc1. The second-order valence-electron chi connectivity index (χ2n) is 8.22. The first kappa shape index (κ1) is 19.9. The van der Waals surface area contributed by atoms with Crippen LogP contribution in [0.2, 0.25) is 0 Å². The predicted octanol–water partition coefficient (Wildman–Crippen LogP) is 3.27. The lowest BCUT2D eigenvalue weighted by atomic mass is 9.92. The number of ketones is 1. The van der Waals surface area contributed by atoms with Gasteiger partial charge in [0.15, 0.2) is 17.3 Å². The van der Waals surface area contributed by atoms with Gasteiger partial charge in [-0.2, -0.15) is 0 Å². The minimum atomic E-state index is -1.13. The number of rotatable bonds is 6. The van der Waals surface area contributed by atoms with E-state index in [1.807, 2.05) is 18.2 Å². The van der Waals surface area contributed by atoms with Crippen LogP contribution in [-0.4, -0.2) is 41.5 Å². The van der Waals surface area contributed by atoms with Crippen molar-refractivity contribution in [3.8, 4) is 11.5 Å². The van der Waals surface area contributed by atoms with Gasteiger partial charge < -0.3 is 14.8 Å². The number of fused-ring (bicyclic) bond motifs is 1. The van der Waals surface area contributed by atoms with Gasteiger partial charge in [0.25, 0.3) is 5.91 Å². The third-order valence-electron chi connectivity index (χ3n) is 5.54. The van der Waals surface area contributed by atoms with Crippen molar-refractivity contribution in [2.45, 2.75) is 38.6 Å². The first-order valence-electron chi connectivity index (χ1n) is 9.92. The Morgan fingerprint density at radius 3 is 2.50 bits per heavy atom. The number of carbonyl (C=O) groups is 3. The fraction of sp³-hybridized carbons (Fsp3) is 0.348. The van der Waals surface area contributed by atoms with E-state index in [1.54, 1.807) is 31.2 Å². The predicted molar refractivity (Wildman–Crippen MR) is 110 cm³/mol. The number of urea groups is 1. The molecular formula is C23H24N2O5. The van der Waals surface area contributed by atoms with Crippen molar-refractivity contribution in [2.24, 2.45) is 0 Å². The molecule has 2 heterocycles. The number of hydrogen-bond donors (Lipinski definition) is 1. The van der Waals surface area contributed by atoms with E-state index in [1.165, 1.54) is 0 Å². The first-order valence-corrected chi connectivity index (χ1v) is 9.92. The van der Waals surface area contributed by atoms with Crippen LogP contribution in [0.15, 0.2) is 42.5 Å². The molecule has 1 N–H and O–H groups in total. The first-order chi connectivity index (χ1) is 14.3. The molecule has 0 radical (unpaired) electrons. The van der Waals surface area contributed by atoms with E-state index in [-0.39, 0.29) is 25.5 Å². The van der Waals surface area contributed by atoms with Gasteiger partial charge in [0.1, 0.15) is 5.54 Å². The summed E-state index contributed by atoms with van der Waals surface area (Å²) >= 11 is 0. The third-order valence-corrected chi connectivity index (χ3v) is 5.54. The second kappa shape index (κ2) is 7.48. The number of benzene rings is 2. The lowest BCUT2D eigenvalue weighted by molar-refractivity contribution is -0.130. The fourth-order valence-corrected chi connectivity index (χ4v) is 3.76. The van der Waals surface area contributed by atoms with Crippen LogP contribution in [0, 0.1) is 0 Å². The summed E-state index contributed by atoms with van der Waals surface area (Å²) in [6.45, 7) is 5.69. The number of hydrogen-bond acceptors (Lipinski definition) is 5. The number of nitrogens with one attached hydrogen (secondary N) is 1. The number of amides is 3. The molecule has 1 saturated heterocycles. The zero-order valence-electron chi connectivity index (χ0n) is 17.2. The Bertz CT molecular complexity index is 1010. The molecule has 4 rings (SSSR count). The molecule has 0 aromatic heterocycles. The maximum Gasteiger partial charge on any atom is 0.325 e. The van der Waals surface area contributed by atoms with Crippen molar-refractivity contribution >= 4 is 17.7 Å². The van der Waals surface area contributed by atoms with Crippen molar-refractivity contribution in [3.63, 3.8) is 0 Å². The normalized spacial score (nSPS) is 20.1. The smallest absolute Gasteiger partial charge is 0.325 e. The molecule has 1 atom stereocenters. The Kier molecular flexibility index (Phi) is 4.97. The van der Waals surface area contributed by atoms with Crippen molar-refractivity contribution in [3.05, 3.63) is 59.2 Å². The molecule has 0 aliphatic carbocycles. The summed E-state index contributed by atoms with van der Waals surface area (Å²) in [7, 11) is 0. The van der Waals surface area contributed by atoms with Crippen LogP contribution in [0.5, 0.6) is 11.5 Å². The Balaban J connectivity index is 1.47. The quantitative estimate of drug-likeness (QED) is 0.586. The molecule has 0 unspecified atom stereocenters. The average molecular weight is 408 g/mol. The van der Waals surface area contributed by atoms with Crippen LogP contribution in [0.25, 0.3) is 0 Å². The van der Waals surface area contributed by atoms with Crippen LogP contribution in [-0.2, 0) is 11.2 Å². The van der Waals surface area contributed by atoms with Gasteiger partial charge >= 0.3 is 6.03 Å². The van der Waals surface area contributed by atoms with Gasteiger partial charge in [-0.3, -0.25) is 14.5 Å². The van der Waals surface area contributed by atoms with Gasteiger partial charge in [0, 0.05) is 12.0 Å². The van der Waals surface area contributed by atoms with Gasteiger partial charge in [0.05, 0.1) is 6.54 Å². The molecule has 30 heavy (non-hydrogen) atoms. The van der Waals surface area contributed by atoms with E-state index in [0.29, 0.717) is 23.0 Å². The zero-order valence-corrected chi connectivity index (χ0v) is 17.2. The summed E-state index contributed by atoms with van der Waals surface area (Å²) < 4.78 is 10.7. The van der Waals surface area contributed by atoms with Crippen molar-refractivity contribution < 1.29 is 23.9 Å². The van der Waals surface area contributed by atoms with Gasteiger partial charge in [0.2, 0.25) is 6.79 Å². The van der Waals surface area contributed by atoms with Crippen molar-refractivity contribution in [1.82, 2.24) is 10.2 Å². The van der Waals surface area contributed by atoms with Crippen LogP contribution in [0.1, 0.15) is 48.2 Å². The molecule has 7 heteroatoms. The van der Waals surface area contributed by atoms with Crippen LogP contribution >= 0.6 is 0 Å². The summed E-state index contributed by atoms with van der Waals surface area (Å²) in [4.78, 5) is 39.2. The lowest BCUT2D eigenvalue weighted by Gasteiger charge is -2.21. The Morgan fingerprint density at radius 1 is 1.10 bits per heavy atom. The highest BCUT2D eigenvalue weighted by Gasteiger charge is 2.48. The molecular weight excluding hydrogens is 384 g/mol. The standard InChI is InChI=1S/C23H24N2O5/c1-14(2)16-5-7-17(8-6-16)18(26)12-25-21(27)23(3,24-22(25)28)11-15-4-9-19-20(10-15)30-13-29-19/h4-10,14H,11-13H2,1-3H3,(H,24,28)/t23-/m0/s1. The van der Waals surface area contributed by atoms with E-state index < -0.39 is 17.5 Å². The molecule has 2 aliphatic heterocycles. The molecule has 0 saturated carbocycles. The summed E-state index contributed by atoms with van der Waals surface area (Å²) in [6, 6.07) is 12.1. The highest BCUT2D eigenvalue weighted by atomic mass is 16.7. The molecule has 2 aromatic rings. The maximum atomic E-state index is 13.0. The Labute approximate surface area is 175 Å². The van der Waals surface area contributed by atoms with E-state index in [4.69, 9.17) is 9.47 Å². The number of imide groups is 1. The third kappa shape index (κ3) is 3.63. The van der Waals surface area contributed by atoms with Crippen LogP contribution in [0.4, 0.5) is 4.79 Å². The van der Waals surface area contributed by atoms with Gasteiger partial charge in [-0.05, 0) is 36.1 Å². The van der Waals surface area contributed by atoms with Crippen LogP contribution in [0.3, 0.4) is 0 Å². The molecule has 0 spiro atoms. The molecule has 2 aliphatic rings. The molecule has 3 amide bonds. The number of carbonyl (C=O) groups excluding carboxylic acids is 3. The van der Waals surface area contributed by atoms with E-state index >= 15 is 0 Å². The molecule has 156 valence electrons. The fourth-order valence-electron chi connectivity index (χ4n) is 3.76. The summed E-state index contributed by atoms with van der Waals surface area (Å²) in [5.74, 6) is 0.932. The number of ether oxygens (including phenoxy) is 2. The highest BCUT2D eigenvalue weighted by molar-refractivity contribution is 6.11. The molecule has 0 bridgehead atoms. The van der Waals surface area contributed by atoms with Crippen molar-refractivity contribution in [1.29, 1.82) is 0 Å². The van der Waals surface area contributed by atoms with Crippen LogP contribution < -0.4 is 14.8 Å². The van der Waals surface area contributed by atoms with E-state index in [2.05, 4.69) is 19.2 Å². The largest absolute Gasteiger partial charge is 0.454 e. The molecule has 1 fully saturated rings. The highest BCUT2D eigenvalue weighted by Crippen LogP contribution is 2.34. The van der Waals surface area contributed by atoms with E-state index in [9.17, 15) is 14.4 Å². The Hall–Kier alpha value is -3.35. The minimum Gasteiger partial charge on any atom is -0.454 e. The van der Waals surface area contributed by atoms with E-state index in [0.717, 1.165) is 16.0 Å². The second-order valence-corrected chi connectivity index (χ2v) is 8.22. The molecule has 2 aromatic carbocycles. The maximum absolute atomic E-state index is 13.0. The minimum absolute atomic E-state index is 0.166. The summed E-state index contributed by atoms with van der Waals surface area (Å²) in [5, 5.41) is 2.74.